The Morgan fingerprint density at radius 1 is 1.24 bits per heavy atom. The summed E-state index contributed by atoms with van der Waals surface area (Å²) in [7, 11) is 0. The predicted molar refractivity (Wildman–Crippen MR) is 89.4 cm³/mol. The van der Waals surface area contributed by atoms with Crippen molar-refractivity contribution in [3.05, 3.63) is 63.9 Å². The van der Waals surface area contributed by atoms with Crippen molar-refractivity contribution in [2.45, 2.75) is 18.6 Å². The van der Waals surface area contributed by atoms with E-state index in [1.165, 1.54) is 12.1 Å². The van der Waals surface area contributed by atoms with Crippen LogP contribution in [-0.4, -0.2) is 28.3 Å². The number of carbonyl (C=O) groups excluding carboxylic acids is 1. The van der Waals surface area contributed by atoms with Crippen LogP contribution in [0.5, 0.6) is 0 Å². The highest BCUT2D eigenvalue weighted by atomic mass is 35.5. The van der Waals surface area contributed by atoms with Gasteiger partial charge in [0, 0.05) is 17.7 Å². The van der Waals surface area contributed by atoms with Crippen molar-refractivity contribution in [2.75, 3.05) is 5.32 Å². The number of carboxylic acid groups (broad SMARTS) is 1. The molecule has 0 radical (unpaired) electrons. The van der Waals surface area contributed by atoms with Gasteiger partial charge in [0.1, 0.15) is 5.82 Å². The lowest BCUT2D eigenvalue weighted by Gasteiger charge is -2.15. The molecule has 0 aromatic heterocycles. The van der Waals surface area contributed by atoms with Crippen LogP contribution in [0.1, 0.15) is 27.5 Å². The van der Waals surface area contributed by atoms with Crippen molar-refractivity contribution in [1.29, 1.82) is 0 Å². The van der Waals surface area contributed by atoms with E-state index < -0.39 is 30.0 Å². The van der Waals surface area contributed by atoms with E-state index in [1.807, 2.05) is 0 Å². The second-order valence-electron chi connectivity index (χ2n) is 5.65. The number of aliphatic hydroxyl groups is 1. The molecule has 0 fully saturated rings. The van der Waals surface area contributed by atoms with Crippen molar-refractivity contribution in [3.8, 4) is 0 Å². The summed E-state index contributed by atoms with van der Waals surface area (Å²) in [4.78, 5) is 23.4. The van der Waals surface area contributed by atoms with Gasteiger partial charge in [0.25, 0.3) is 5.91 Å². The maximum Gasteiger partial charge on any atom is 0.405 e. The Morgan fingerprint density at radius 2 is 2.00 bits per heavy atom. The zero-order valence-electron chi connectivity index (χ0n) is 12.8. The van der Waals surface area contributed by atoms with E-state index in [4.69, 9.17) is 16.7 Å². The molecule has 1 aliphatic carbocycles. The molecule has 4 N–H and O–H groups in total. The standard InChI is InChI=1S/C17H14ClFN2O4/c18-12-6-8(4-5-13(12)19)20-16(23)10-3-1-2-9-11(10)7-14(22)15(9)21-17(24)25/h1-6,14-15,21-22H,7H2,(H,20,23)(H,24,25)/t14-,15-/m1/s1. The summed E-state index contributed by atoms with van der Waals surface area (Å²) in [5, 5.41) is 23.8. The number of aliphatic hydroxyl groups excluding tert-OH is 1. The lowest BCUT2D eigenvalue weighted by molar-refractivity contribution is 0.102. The number of fused-ring (bicyclic) bond motifs is 1. The molecular weight excluding hydrogens is 351 g/mol. The summed E-state index contributed by atoms with van der Waals surface area (Å²) >= 11 is 5.70. The van der Waals surface area contributed by atoms with Crippen LogP contribution < -0.4 is 10.6 Å². The smallest absolute Gasteiger partial charge is 0.405 e. The highest BCUT2D eigenvalue weighted by Crippen LogP contribution is 2.34. The van der Waals surface area contributed by atoms with E-state index in [2.05, 4.69) is 10.6 Å². The molecule has 2 aromatic rings. The fourth-order valence-corrected chi connectivity index (χ4v) is 3.13. The van der Waals surface area contributed by atoms with Gasteiger partial charge in [-0.25, -0.2) is 9.18 Å². The number of hydrogen-bond acceptors (Lipinski definition) is 3. The molecule has 0 spiro atoms. The summed E-state index contributed by atoms with van der Waals surface area (Å²) in [5.74, 6) is -1.05. The molecule has 0 saturated heterocycles. The Labute approximate surface area is 147 Å². The number of nitrogens with one attached hydrogen (secondary N) is 2. The van der Waals surface area contributed by atoms with Gasteiger partial charge in [0.2, 0.25) is 0 Å². The monoisotopic (exact) mass is 364 g/mol. The maximum absolute atomic E-state index is 13.2. The summed E-state index contributed by atoms with van der Waals surface area (Å²) in [5.41, 5.74) is 1.76. The van der Waals surface area contributed by atoms with Crippen LogP contribution in [0.25, 0.3) is 0 Å². The first-order chi connectivity index (χ1) is 11.9. The number of rotatable bonds is 3. The summed E-state index contributed by atoms with van der Waals surface area (Å²) < 4.78 is 13.2. The number of benzene rings is 2. The highest BCUT2D eigenvalue weighted by molar-refractivity contribution is 6.31. The van der Waals surface area contributed by atoms with E-state index in [0.29, 0.717) is 22.4 Å². The van der Waals surface area contributed by atoms with Gasteiger partial charge in [-0.1, -0.05) is 23.7 Å². The third-order valence-corrected chi connectivity index (χ3v) is 4.34. The quantitative estimate of drug-likeness (QED) is 0.673. The van der Waals surface area contributed by atoms with Crippen LogP contribution in [-0.2, 0) is 6.42 Å². The zero-order chi connectivity index (χ0) is 18.1. The molecule has 1 aliphatic rings. The van der Waals surface area contributed by atoms with Crippen LogP contribution in [0.4, 0.5) is 14.9 Å². The number of anilines is 1. The van der Waals surface area contributed by atoms with E-state index in [0.717, 1.165) is 6.07 Å². The first kappa shape index (κ1) is 17.2. The topological polar surface area (TPSA) is 98.7 Å². The highest BCUT2D eigenvalue weighted by Gasteiger charge is 2.34. The molecule has 2 atom stereocenters. The van der Waals surface area contributed by atoms with Gasteiger partial charge in [-0.05, 0) is 35.4 Å². The minimum Gasteiger partial charge on any atom is -0.465 e. The summed E-state index contributed by atoms with van der Waals surface area (Å²) in [6.07, 6.45) is -2.07. The molecular formula is C17H14ClFN2O4. The van der Waals surface area contributed by atoms with Crippen LogP contribution in [0.2, 0.25) is 5.02 Å². The average molecular weight is 365 g/mol. The van der Waals surface area contributed by atoms with Gasteiger partial charge in [-0.15, -0.1) is 0 Å². The van der Waals surface area contributed by atoms with Crippen LogP contribution in [0.15, 0.2) is 36.4 Å². The molecule has 0 saturated carbocycles. The van der Waals surface area contributed by atoms with E-state index >= 15 is 0 Å². The van der Waals surface area contributed by atoms with Crippen molar-refractivity contribution in [1.82, 2.24) is 5.32 Å². The number of carbonyl (C=O) groups is 2. The SMILES string of the molecule is O=C(O)N[C@@H]1c2cccc(C(=O)Nc3ccc(F)c(Cl)c3)c2C[C@H]1O. The molecule has 3 rings (SSSR count). The second kappa shape index (κ2) is 6.70. The summed E-state index contributed by atoms with van der Waals surface area (Å²) in [6.45, 7) is 0. The lowest BCUT2D eigenvalue weighted by atomic mass is 10.0. The number of halogens is 2. The first-order valence-corrected chi connectivity index (χ1v) is 7.80. The van der Waals surface area contributed by atoms with E-state index in [-0.39, 0.29) is 11.4 Å². The van der Waals surface area contributed by atoms with Crippen molar-refractivity contribution >= 4 is 29.3 Å². The Hall–Kier alpha value is -2.64. The minimum atomic E-state index is -1.26. The molecule has 0 unspecified atom stereocenters. The van der Waals surface area contributed by atoms with Gasteiger partial charge in [0.05, 0.1) is 17.2 Å². The van der Waals surface area contributed by atoms with Crippen LogP contribution >= 0.6 is 11.6 Å². The predicted octanol–water partition coefficient (Wildman–Crippen LogP) is 2.96. The van der Waals surface area contributed by atoms with Crippen LogP contribution in [0.3, 0.4) is 0 Å². The van der Waals surface area contributed by atoms with Gasteiger partial charge in [-0.2, -0.15) is 0 Å². The van der Waals surface area contributed by atoms with Crippen LogP contribution in [0, 0.1) is 5.82 Å². The Morgan fingerprint density at radius 3 is 2.68 bits per heavy atom. The minimum absolute atomic E-state index is 0.114. The number of amides is 2. The molecule has 8 heteroatoms. The second-order valence-corrected chi connectivity index (χ2v) is 6.06. The van der Waals surface area contributed by atoms with Crippen molar-refractivity contribution < 1.29 is 24.2 Å². The van der Waals surface area contributed by atoms with E-state index in [9.17, 15) is 19.1 Å². The van der Waals surface area contributed by atoms with E-state index in [1.54, 1.807) is 18.2 Å². The van der Waals surface area contributed by atoms with Gasteiger partial charge >= 0.3 is 6.09 Å². The lowest BCUT2D eigenvalue weighted by Crippen LogP contribution is -2.32. The fourth-order valence-electron chi connectivity index (χ4n) is 2.95. The molecule has 6 nitrogen and oxygen atoms in total. The Balaban J connectivity index is 1.88. The number of hydrogen-bond donors (Lipinski definition) is 4. The van der Waals surface area contributed by atoms with Gasteiger partial charge < -0.3 is 20.8 Å². The van der Waals surface area contributed by atoms with Gasteiger partial charge in [-0.3, -0.25) is 4.79 Å². The molecule has 0 bridgehead atoms. The van der Waals surface area contributed by atoms with Gasteiger partial charge in [0.15, 0.2) is 0 Å². The Bertz CT molecular complexity index is 859. The molecule has 25 heavy (non-hydrogen) atoms. The first-order valence-electron chi connectivity index (χ1n) is 7.42. The largest absolute Gasteiger partial charge is 0.465 e. The maximum atomic E-state index is 13.2. The third kappa shape index (κ3) is 3.42. The fraction of sp³-hybridized carbons (Fsp3) is 0.176. The molecule has 2 amide bonds. The summed E-state index contributed by atoms with van der Waals surface area (Å²) in [6, 6.07) is 7.88. The van der Waals surface area contributed by atoms with Crippen molar-refractivity contribution in [2.24, 2.45) is 0 Å². The average Bonchev–Trinajstić information content (AvgIpc) is 2.86. The molecule has 130 valence electrons. The van der Waals surface area contributed by atoms with Crippen molar-refractivity contribution in [3.63, 3.8) is 0 Å². The molecule has 0 heterocycles. The third-order valence-electron chi connectivity index (χ3n) is 4.05. The molecule has 0 aliphatic heterocycles. The normalized spacial score (nSPS) is 18.5. The Kier molecular flexibility index (Phi) is 4.61. The molecule has 2 aromatic carbocycles. The zero-order valence-corrected chi connectivity index (χ0v) is 13.5.